The summed E-state index contributed by atoms with van der Waals surface area (Å²) in [6.07, 6.45) is 2.51. The van der Waals surface area contributed by atoms with Crippen LogP contribution >= 0.6 is 0 Å². The van der Waals surface area contributed by atoms with Crippen LogP contribution in [-0.2, 0) is 11.2 Å². The fourth-order valence-electron chi connectivity index (χ4n) is 2.80. The largest absolute Gasteiger partial charge is 0.508 e. The normalized spacial score (nSPS) is 18.4. The lowest BCUT2D eigenvalue weighted by molar-refractivity contribution is -0.134. The summed E-state index contributed by atoms with van der Waals surface area (Å²) in [6.45, 7) is 2.05. The Hall–Kier alpha value is -1.59. The standard InChI is InChI=1S/C16H25N3O2/c1-18-9-7-13(8-10-18)19(2)16(21)15(17)11-12-3-5-14(20)6-4-12/h3-6,13,15,20H,7-11,17H2,1-2H3. The number of phenolic OH excluding ortho intramolecular Hbond substituents is 1. The van der Waals surface area contributed by atoms with Gasteiger partial charge in [0.05, 0.1) is 6.04 Å². The number of carbonyl (C=O) groups excluding carboxylic acids is 1. The highest BCUT2D eigenvalue weighted by Crippen LogP contribution is 2.16. The molecule has 1 aliphatic heterocycles. The highest BCUT2D eigenvalue weighted by Gasteiger charge is 2.27. The number of nitrogens with two attached hydrogens (primary N) is 1. The lowest BCUT2D eigenvalue weighted by Crippen LogP contribution is -2.50. The number of hydrogen-bond acceptors (Lipinski definition) is 4. The molecule has 0 radical (unpaired) electrons. The molecule has 1 unspecified atom stereocenters. The quantitative estimate of drug-likeness (QED) is 0.861. The first-order valence-corrected chi connectivity index (χ1v) is 7.46. The van der Waals surface area contributed by atoms with Crippen LogP contribution in [0, 0.1) is 0 Å². The molecule has 1 atom stereocenters. The van der Waals surface area contributed by atoms with Crippen molar-refractivity contribution >= 4 is 5.91 Å². The minimum absolute atomic E-state index is 0.00220. The van der Waals surface area contributed by atoms with Crippen LogP contribution in [-0.4, -0.2) is 60.1 Å². The lowest BCUT2D eigenvalue weighted by atomic mass is 10.0. The number of carbonyl (C=O) groups is 1. The van der Waals surface area contributed by atoms with E-state index in [1.54, 1.807) is 24.3 Å². The Morgan fingerprint density at radius 3 is 2.52 bits per heavy atom. The first kappa shape index (κ1) is 15.8. The molecule has 1 saturated heterocycles. The van der Waals surface area contributed by atoms with Crippen LogP contribution < -0.4 is 5.73 Å². The maximum absolute atomic E-state index is 12.4. The number of aromatic hydroxyl groups is 1. The average Bonchev–Trinajstić information content (AvgIpc) is 2.49. The topological polar surface area (TPSA) is 69.8 Å². The molecule has 0 aliphatic carbocycles. The van der Waals surface area contributed by atoms with Gasteiger partial charge in [-0.05, 0) is 57.1 Å². The van der Waals surface area contributed by atoms with Crippen molar-refractivity contribution in [1.29, 1.82) is 0 Å². The van der Waals surface area contributed by atoms with E-state index in [4.69, 9.17) is 5.73 Å². The van der Waals surface area contributed by atoms with Crippen LogP contribution in [0.15, 0.2) is 24.3 Å². The third kappa shape index (κ3) is 4.19. The molecule has 3 N–H and O–H groups in total. The van der Waals surface area contributed by atoms with Crippen LogP contribution in [0.5, 0.6) is 5.75 Å². The molecule has 1 aliphatic rings. The molecule has 1 heterocycles. The Kier molecular flexibility index (Phi) is 5.20. The molecule has 5 nitrogen and oxygen atoms in total. The SMILES string of the molecule is CN1CCC(N(C)C(=O)C(N)Cc2ccc(O)cc2)CC1. The van der Waals surface area contributed by atoms with Gasteiger partial charge in [-0.3, -0.25) is 4.79 Å². The molecule has 0 spiro atoms. The molecule has 1 amide bonds. The second kappa shape index (κ2) is 6.91. The molecule has 1 fully saturated rings. The Bertz CT molecular complexity index is 467. The van der Waals surface area contributed by atoms with E-state index in [-0.39, 0.29) is 11.7 Å². The third-order valence-corrected chi connectivity index (χ3v) is 4.29. The van der Waals surface area contributed by atoms with E-state index in [1.807, 2.05) is 11.9 Å². The van der Waals surface area contributed by atoms with Crippen LogP contribution in [0.1, 0.15) is 18.4 Å². The number of nitrogens with zero attached hydrogens (tertiary/aromatic N) is 2. The fraction of sp³-hybridized carbons (Fsp3) is 0.562. The first-order valence-electron chi connectivity index (χ1n) is 7.46. The van der Waals surface area contributed by atoms with Crippen molar-refractivity contribution in [1.82, 2.24) is 9.80 Å². The summed E-state index contributed by atoms with van der Waals surface area (Å²) in [4.78, 5) is 16.5. The summed E-state index contributed by atoms with van der Waals surface area (Å²) in [6, 6.07) is 6.61. The van der Waals surface area contributed by atoms with Crippen LogP contribution in [0.2, 0.25) is 0 Å². The van der Waals surface area contributed by atoms with Gasteiger partial charge in [-0.25, -0.2) is 0 Å². The number of benzene rings is 1. The fourth-order valence-corrected chi connectivity index (χ4v) is 2.80. The molecule has 116 valence electrons. The van der Waals surface area contributed by atoms with Gasteiger partial charge in [0.15, 0.2) is 0 Å². The predicted octanol–water partition coefficient (Wildman–Crippen LogP) is 0.815. The average molecular weight is 291 g/mol. The Morgan fingerprint density at radius 2 is 1.95 bits per heavy atom. The Morgan fingerprint density at radius 1 is 1.38 bits per heavy atom. The number of phenols is 1. The van der Waals surface area contributed by atoms with E-state index in [9.17, 15) is 9.90 Å². The van der Waals surface area contributed by atoms with E-state index in [1.165, 1.54) is 0 Å². The summed E-state index contributed by atoms with van der Waals surface area (Å²) in [5.41, 5.74) is 7.02. The van der Waals surface area contributed by atoms with Gasteiger partial charge in [0.2, 0.25) is 5.91 Å². The molecule has 1 aromatic carbocycles. The lowest BCUT2D eigenvalue weighted by Gasteiger charge is -2.36. The van der Waals surface area contributed by atoms with Crippen molar-refractivity contribution in [2.45, 2.75) is 31.3 Å². The highest BCUT2D eigenvalue weighted by atomic mass is 16.3. The third-order valence-electron chi connectivity index (χ3n) is 4.29. The first-order chi connectivity index (χ1) is 9.97. The molecule has 1 aromatic rings. The van der Waals surface area contributed by atoms with E-state index in [0.29, 0.717) is 12.5 Å². The van der Waals surface area contributed by atoms with Crippen molar-refractivity contribution in [3.8, 4) is 5.75 Å². The van der Waals surface area contributed by atoms with Gasteiger partial charge in [0.25, 0.3) is 0 Å². The van der Waals surface area contributed by atoms with Crippen molar-refractivity contribution in [3.05, 3.63) is 29.8 Å². The molecular formula is C16H25N3O2. The smallest absolute Gasteiger partial charge is 0.239 e. The molecule has 2 rings (SSSR count). The molecule has 5 heteroatoms. The second-order valence-corrected chi connectivity index (χ2v) is 5.96. The zero-order valence-electron chi connectivity index (χ0n) is 12.8. The van der Waals surface area contributed by atoms with Crippen molar-refractivity contribution in [3.63, 3.8) is 0 Å². The van der Waals surface area contributed by atoms with Crippen LogP contribution in [0.3, 0.4) is 0 Å². The summed E-state index contributed by atoms with van der Waals surface area (Å²) >= 11 is 0. The van der Waals surface area contributed by atoms with Gasteiger partial charge >= 0.3 is 0 Å². The van der Waals surface area contributed by atoms with Crippen LogP contribution in [0.4, 0.5) is 0 Å². The number of piperidine rings is 1. The van der Waals surface area contributed by atoms with Gasteiger partial charge in [0, 0.05) is 13.1 Å². The summed E-state index contributed by atoms with van der Waals surface area (Å²) < 4.78 is 0. The summed E-state index contributed by atoms with van der Waals surface area (Å²) in [5.74, 6) is 0.222. The van der Waals surface area contributed by atoms with Gasteiger partial charge in [-0.2, -0.15) is 0 Å². The van der Waals surface area contributed by atoms with Gasteiger partial charge in [-0.1, -0.05) is 12.1 Å². The zero-order chi connectivity index (χ0) is 15.4. The van der Waals surface area contributed by atoms with Crippen molar-refractivity contribution < 1.29 is 9.90 Å². The number of rotatable bonds is 4. The van der Waals surface area contributed by atoms with Gasteiger partial charge in [-0.15, -0.1) is 0 Å². The minimum Gasteiger partial charge on any atom is -0.508 e. The van der Waals surface area contributed by atoms with Crippen LogP contribution in [0.25, 0.3) is 0 Å². The molecule has 0 saturated carbocycles. The van der Waals surface area contributed by atoms with Gasteiger partial charge in [0.1, 0.15) is 5.75 Å². The van der Waals surface area contributed by atoms with E-state index in [2.05, 4.69) is 11.9 Å². The molecule has 0 aromatic heterocycles. The van der Waals surface area contributed by atoms with E-state index in [0.717, 1.165) is 31.5 Å². The zero-order valence-corrected chi connectivity index (χ0v) is 12.8. The second-order valence-electron chi connectivity index (χ2n) is 5.96. The molecule has 0 bridgehead atoms. The number of amides is 1. The number of likely N-dealkylation sites (N-methyl/N-ethyl adjacent to an activating group) is 1. The Balaban J connectivity index is 1.90. The number of likely N-dealkylation sites (tertiary alicyclic amines) is 1. The number of hydrogen-bond donors (Lipinski definition) is 2. The summed E-state index contributed by atoms with van der Waals surface area (Å²) in [5, 5.41) is 9.27. The highest BCUT2D eigenvalue weighted by molar-refractivity contribution is 5.82. The van der Waals surface area contributed by atoms with E-state index < -0.39 is 6.04 Å². The molecular weight excluding hydrogens is 266 g/mol. The summed E-state index contributed by atoms with van der Waals surface area (Å²) in [7, 11) is 3.96. The maximum atomic E-state index is 12.4. The van der Waals surface area contributed by atoms with Crippen molar-refractivity contribution in [2.24, 2.45) is 5.73 Å². The Labute approximate surface area is 126 Å². The maximum Gasteiger partial charge on any atom is 0.239 e. The molecule has 21 heavy (non-hydrogen) atoms. The van der Waals surface area contributed by atoms with Crippen molar-refractivity contribution in [2.75, 3.05) is 27.2 Å². The predicted molar refractivity (Wildman–Crippen MR) is 83.1 cm³/mol. The minimum atomic E-state index is -0.529. The van der Waals surface area contributed by atoms with E-state index >= 15 is 0 Å². The van der Waals surface area contributed by atoms with Gasteiger partial charge < -0.3 is 20.6 Å². The monoisotopic (exact) mass is 291 g/mol.